The second-order valence-corrected chi connectivity index (χ2v) is 6.77. The first-order valence-corrected chi connectivity index (χ1v) is 8.17. The Labute approximate surface area is 140 Å². The third-order valence-corrected chi connectivity index (χ3v) is 4.87. The summed E-state index contributed by atoms with van der Waals surface area (Å²) < 4.78 is 18.0. The molecule has 6 heteroatoms. The monoisotopic (exact) mass is 325 g/mol. The van der Waals surface area contributed by atoms with Crippen molar-refractivity contribution in [2.45, 2.75) is 32.0 Å². The standard InChI is InChI=1S/C18H20FN5/c1-18(8-4-3-5-9-18)15-10-14(19)17-21-16(22-24(15)17)7-6-13-11-20-23(2)12-13/h3-8,11-12,14-15H,9-10H2,1-2H3/b7-6+/t14-,15-,18?/m0/s1. The van der Waals surface area contributed by atoms with Crippen LogP contribution < -0.4 is 0 Å². The Morgan fingerprint density at radius 3 is 2.92 bits per heavy atom. The highest BCUT2D eigenvalue weighted by molar-refractivity contribution is 5.65. The maximum Gasteiger partial charge on any atom is 0.174 e. The highest BCUT2D eigenvalue weighted by atomic mass is 19.1. The van der Waals surface area contributed by atoms with Gasteiger partial charge in [-0.2, -0.15) is 10.2 Å². The SMILES string of the molecule is Cn1cc(/C=C/c2nc3n(n2)[C@H](C2(C)C=CC=CC2)C[C@@H]3F)cn1. The molecule has 5 nitrogen and oxygen atoms in total. The summed E-state index contributed by atoms with van der Waals surface area (Å²) >= 11 is 0. The average molecular weight is 325 g/mol. The molecule has 3 heterocycles. The highest BCUT2D eigenvalue weighted by Crippen LogP contribution is 2.48. The Kier molecular flexibility index (Phi) is 3.48. The van der Waals surface area contributed by atoms with Gasteiger partial charge in [0.15, 0.2) is 17.8 Å². The molecule has 1 unspecified atom stereocenters. The molecule has 0 saturated carbocycles. The van der Waals surface area contributed by atoms with E-state index in [2.05, 4.69) is 34.3 Å². The smallest absolute Gasteiger partial charge is 0.174 e. The fourth-order valence-corrected chi connectivity index (χ4v) is 3.50. The van der Waals surface area contributed by atoms with Gasteiger partial charge in [0, 0.05) is 30.6 Å². The summed E-state index contributed by atoms with van der Waals surface area (Å²) in [5.74, 6) is 0.982. The maximum absolute atomic E-state index is 14.5. The third kappa shape index (κ3) is 2.52. The molecule has 0 fully saturated rings. The van der Waals surface area contributed by atoms with E-state index >= 15 is 0 Å². The maximum atomic E-state index is 14.5. The van der Waals surface area contributed by atoms with E-state index in [9.17, 15) is 4.39 Å². The summed E-state index contributed by atoms with van der Waals surface area (Å²) in [6.07, 6.45) is 16.0. The number of rotatable bonds is 3. The number of alkyl halides is 1. The molecule has 0 radical (unpaired) electrons. The Hall–Kier alpha value is -2.50. The van der Waals surface area contributed by atoms with Gasteiger partial charge in [0.1, 0.15) is 0 Å². The van der Waals surface area contributed by atoms with Crippen molar-refractivity contribution in [1.82, 2.24) is 24.5 Å². The van der Waals surface area contributed by atoms with Crippen molar-refractivity contribution >= 4 is 12.2 Å². The summed E-state index contributed by atoms with van der Waals surface area (Å²) in [7, 11) is 1.87. The van der Waals surface area contributed by atoms with Crippen LogP contribution in [0.2, 0.25) is 0 Å². The summed E-state index contributed by atoms with van der Waals surface area (Å²) in [4.78, 5) is 4.39. The number of aryl methyl sites for hydroxylation is 1. The Morgan fingerprint density at radius 2 is 2.21 bits per heavy atom. The third-order valence-electron chi connectivity index (χ3n) is 4.87. The molecule has 2 aromatic heterocycles. The number of nitrogens with zero attached hydrogens (tertiary/aromatic N) is 5. The molecule has 4 rings (SSSR count). The van der Waals surface area contributed by atoms with Crippen LogP contribution in [-0.4, -0.2) is 24.5 Å². The van der Waals surface area contributed by atoms with Gasteiger partial charge in [-0.1, -0.05) is 31.2 Å². The van der Waals surface area contributed by atoms with Gasteiger partial charge in [-0.3, -0.25) is 4.68 Å². The molecule has 0 N–H and O–H groups in total. The van der Waals surface area contributed by atoms with Crippen LogP contribution in [0.25, 0.3) is 12.2 Å². The molecule has 0 spiro atoms. The van der Waals surface area contributed by atoms with Gasteiger partial charge in [-0.25, -0.2) is 14.1 Å². The van der Waals surface area contributed by atoms with Gasteiger partial charge in [-0.15, -0.1) is 0 Å². The minimum absolute atomic E-state index is 0.00302. The van der Waals surface area contributed by atoms with Crippen molar-refractivity contribution in [1.29, 1.82) is 0 Å². The predicted octanol–water partition coefficient (Wildman–Crippen LogP) is 3.66. The summed E-state index contributed by atoms with van der Waals surface area (Å²) in [6, 6.07) is -0.00302. The molecular weight excluding hydrogens is 305 g/mol. The van der Waals surface area contributed by atoms with Crippen LogP contribution in [0.4, 0.5) is 4.39 Å². The molecule has 0 aromatic carbocycles. The van der Waals surface area contributed by atoms with Crippen molar-refractivity contribution in [2.75, 3.05) is 0 Å². The second kappa shape index (κ2) is 5.54. The van der Waals surface area contributed by atoms with Crippen molar-refractivity contribution < 1.29 is 4.39 Å². The van der Waals surface area contributed by atoms with E-state index in [-0.39, 0.29) is 11.5 Å². The molecule has 3 atom stereocenters. The minimum Gasteiger partial charge on any atom is -0.275 e. The quantitative estimate of drug-likeness (QED) is 0.865. The number of aromatic nitrogens is 5. The molecule has 124 valence electrons. The van der Waals surface area contributed by atoms with E-state index in [1.807, 2.05) is 37.5 Å². The fraction of sp³-hybridized carbons (Fsp3) is 0.389. The van der Waals surface area contributed by atoms with Crippen LogP contribution in [0.15, 0.2) is 36.7 Å². The first-order chi connectivity index (χ1) is 11.5. The Morgan fingerprint density at radius 1 is 1.33 bits per heavy atom. The van der Waals surface area contributed by atoms with Crippen LogP contribution in [0.3, 0.4) is 0 Å². The second-order valence-electron chi connectivity index (χ2n) is 6.77. The number of hydrogen-bond acceptors (Lipinski definition) is 3. The lowest BCUT2D eigenvalue weighted by Crippen LogP contribution is -2.27. The van der Waals surface area contributed by atoms with Crippen LogP contribution >= 0.6 is 0 Å². The molecule has 0 amide bonds. The van der Waals surface area contributed by atoms with Gasteiger partial charge in [0.25, 0.3) is 0 Å². The molecule has 0 saturated heterocycles. The lowest BCUT2D eigenvalue weighted by atomic mass is 9.76. The molecule has 0 bridgehead atoms. The number of halogens is 1. The summed E-state index contributed by atoms with van der Waals surface area (Å²) in [5.41, 5.74) is 0.843. The zero-order chi connectivity index (χ0) is 16.7. The zero-order valence-electron chi connectivity index (χ0n) is 13.8. The van der Waals surface area contributed by atoms with E-state index < -0.39 is 6.17 Å². The van der Waals surface area contributed by atoms with Crippen LogP contribution in [0, 0.1) is 5.41 Å². The molecule has 1 aliphatic heterocycles. The van der Waals surface area contributed by atoms with Crippen molar-refractivity contribution in [3.8, 4) is 0 Å². The number of hydrogen-bond donors (Lipinski definition) is 0. The molecule has 1 aliphatic carbocycles. The molecule has 24 heavy (non-hydrogen) atoms. The van der Waals surface area contributed by atoms with Crippen LogP contribution in [0.1, 0.15) is 49.2 Å². The van der Waals surface area contributed by atoms with Crippen molar-refractivity contribution in [3.63, 3.8) is 0 Å². The van der Waals surface area contributed by atoms with Crippen molar-refractivity contribution in [2.24, 2.45) is 12.5 Å². The zero-order valence-corrected chi connectivity index (χ0v) is 13.8. The number of allylic oxidation sites excluding steroid dienone is 4. The van der Waals surface area contributed by atoms with Gasteiger partial charge in [0.05, 0.1) is 12.2 Å². The Bertz CT molecular complexity index is 843. The van der Waals surface area contributed by atoms with Gasteiger partial charge in [-0.05, 0) is 18.6 Å². The van der Waals surface area contributed by atoms with Crippen LogP contribution in [0.5, 0.6) is 0 Å². The van der Waals surface area contributed by atoms with Crippen LogP contribution in [-0.2, 0) is 7.05 Å². The molecule has 2 aromatic rings. The minimum atomic E-state index is -1.06. The normalized spacial score (nSPS) is 28.8. The lowest BCUT2D eigenvalue weighted by Gasteiger charge is -2.33. The lowest BCUT2D eigenvalue weighted by molar-refractivity contribution is 0.219. The first kappa shape index (κ1) is 15.1. The van der Waals surface area contributed by atoms with Gasteiger partial charge >= 0.3 is 0 Å². The molecular formula is C18H20FN5. The van der Waals surface area contributed by atoms with E-state index in [0.717, 1.165) is 12.0 Å². The number of fused-ring (bicyclic) bond motifs is 1. The van der Waals surface area contributed by atoms with E-state index in [1.54, 1.807) is 15.6 Å². The molecule has 2 aliphatic rings. The highest BCUT2D eigenvalue weighted by Gasteiger charge is 2.43. The van der Waals surface area contributed by atoms with E-state index in [1.165, 1.54) is 0 Å². The van der Waals surface area contributed by atoms with Crippen molar-refractivity contribution in [3.05, 3.63) is 53.9 Å². The fourth-order valence-electron chi connectivity index (χ4n) is 3.50. The Balaban J connectivity index is 1.62. The topological polar surface area (TPSA) is 48.5 Å². The van der Waals surface area contributed by atoms with E-state index in [0.29, 0.717) is 18.1 Å². The summed E-state index contributed by atoms with van der Waals surface area (Å²) in [6.45, 7) is 2.16. The predicted molar refractivity (Wildman–Crippen MR) is 90.7 cm³/mol. The summed E-state index contributed by atoms with van der Waals surface area (Å²) in [5, 5.41) is 8.68. The van der Waals surface area contributed by atoms with E-state index in [4.69, 9.17) is 0 Å². The first-order valence-electron chi connectivity index (χ1n) is 8.17. The largest absolute Gasteiger partial charge is 0.275 e. The average Bonchev–Trinajstić information content (AvgIpc) is 3.23. The van der Waals surface area contributed by atoms with Gasteiger partial charge in [0.2, 0.25) is 0 Å². The van der Waals surface area contributed by atoms with Gasteiger partial charge < -0.3 is 0 Å².